The summed E-state index contributed by atoms with van der Waals surface area (Å²) in [6.07, 6.45) is 1.03. The number of nitrogens with one attached hydrogen (secondary N) is 2. The number of para-hydroxylation sites is 1. The topological polar surface area (TPSA) is 114 Å². The number of anilines is 2. The van der Waals surface area contributed by atoms with Gasteiger partial charge in [0, 0.05) is 34.9 Å². The van der Waals surface area contributed by atoms with Gasteiger partial charge < -0.3 is 16.5 Å². The Kier molecular flexibility index (Phi) is 5.05. The molecule has 1 heterocycles. The second-order valence-electron chi connectivity index (χ2n) is 5.81. The lowest BCUT2D eigenvalue weighted by molar-refractivity contribution is 0.101. The molecule has 0 bridgehead atoms. The third kappa shape index (κ3) is 3.73. The minimum atomic E-state index is -0.678. The first-order valence-corrected chi connectivity index (χ1v) is 8.35. The maximum atomic E-state index is 12.6. The fraction of sp³-hybridized carbons (Fsp3) is 0.0526. The normalized spacial score (nSPS) is 10.4. The minimum absolute atomic E-state index is 0.221. The highest BCUT2D eigenvalue weighted by molar-refractivity contribution is 6.34. The standard InChI is InChI=1S/C19H16ClN5O2/c1-11-7-17(26)18(24-25(11)13-5-3-2-4-6-13)19(27)23-12-8-15(20)14(10-21)16(22)9-12/h2-10,21H,22H2,1H3,(H,23,27). The molecule has 136 valence electrons. The van der Waals surface area contributed by atoms with Gasteiger partial charge in [-0.1, -0.05) is 29.8 Å². The minimum Gasteiger partial charge on any atom is -0.398 e. The highest BCUT2D eigenvalue weighted by atomic mass is 35.5. The molecular weight excluding hydrogens is 366 g/mol. The number of aromatic nitrogens is 2. The zero-order valence-corrected chi connectivity index (χ0v) is 15.1. The summed E-state index contributed by atoms with van der Waals surface area (Å²) in [6, 6.07) is 13.5. The summed E-state index contributed by atoms with van der Waals surface area (Å²) in [7, 11) is 0. The molecule has 3 rings (SSSR count). The lowest BCUT2D eigenvalue weighted by Gasteiger charge is -2.12. The molecule has 1 aromatic heterocycles. The van der Waals surface area contributed by atoms with Crippen molar-refractivity contribution in [2.24, 2.45) is 0 Å². The van der Waals surface area contributed by atoms with Gasteiger partial charge >= 0.3 is 0 Å². The number of hydrogen-bond acceptors (Lipinski definition) is 5. The van der Waals surface area contributed by atoms with Gasteiger partial charge in [-0.25, -0.2) is 4.68 Å². The van der Waals surface area contributed by atoms with Crippen LogP contribution >= 0.6 is 11.6 Å². The fourth-order valence-corrected chi connectivity index (χ4v) is 2.87. The molecule has 27 heavy (non-hydrogen) atoms. The Bertz CT molecular complexity index is 1070. The Morgan fingerprint density at radius 1 is 1.26 bits per heavy atom. The van der Waals surface area contributed by atoms with E-state index in [0.29, 0.717) is 16.9 Å². The fourth-order valence-electron chi connectivity index (χ4n) is 2.59. The van der Waals surface area contributed by atoms with Crippen molar-refractivity contribution in [2.45, 2.75) is 6.92 Å². The van der Waals surface area contributed by atoms with E-state index in [-0.39, 0.29) is 16.4 Å². The molecule has 7 nitrogen and oxygen atoms in total. The third-order valence-electron chi connectivity index (χ3n) is 3.89. The molecule has 4 N–H and O–H groups in total. The van der Waals surface area contributed by atoms with Crippen LogP contribution in [-0.4, -0.2) is 21.9 Å². The number of aryl methyl sites for hydroxylation is 1. The lowest BCUT2D eigenvalue weighted by Crippen LogP contribution is -2.27. The Labute approximate surface area is 159 Å². The smallest absolute Gasteiger partial charge is 0.280 e. The first-order chi connectivity index (χ1) is 12.9. The van der Waals surface area contributed by atoms with Crippen LogP contribution in [0.4, 0.5) is 11.4 Å². The quantitative estimate of drug-likeness (QED) is 0.476. The molecule has 1 amide bonds. The van der Waals surface area contributed by atoms with E-state index < -0.39 is 11.3 Å². The molecule has 0 aliphatic heterocycles. The van der Waals surface area contributed by atoms with E-state index in [0.717, 1.165) is 11.9 Å². The van der Waals surface area contributed by atoms with Crippen LogP contribution in [-0.2, 0) is 0 Å². The molecule has 8 heteroatoms. The summed E-state index contributed by atoms with van der Waals surface area (Å²) in [5.41, 5.74) is 7.32. The van der Waals surface area contributed by atoms with Crippen molar-refractivity contribution < 1.29 is 4.79 Å². The molecule has 2 aromatic carbocycles. The van der Waals surface area contributed by atoms with Crippen molar-refractivity contribution in [2.75, 3.05) is 11.1 Å². The van der Waals surface area contributed by atoms with Crippen molar-refractivity contribution in [3.05, 3.63) is 80.7 Å². The molecule has 0 aliphatic carbocycles. The zero-order chi connectivity index (χ0) is 19.6. The highest BCUT2D eigenvalue weighted by Crippen LogP contribution is 2.26. The second kappa shape index (κ2) is 7.43. The molecular formula is C19H16ClN5O2. The van der Waals surface area contributed by atoms with Crippen molar-refractivity contribution in [3.63, 3.8) is 0 Å². The predicted molar refractivity (Wildman–Crippen MR) is 106 cm³/mol. The maximum absolute atomic E-state index is 12.6. The molecule has 0 saturated heterocycles. The lowest BCUT2D eigenvalue weighted by atomic mass is 10.1. The maximum Gasteiger partial charge on any atom is 0.280 e. The Balaban J connectivity index is 1.98. The van der Waals surface area contributed by atoms with Crippen LogP contribution in [0, 0.1) is 12.3 Å². The SMILES string of the molecule is Cc1cc(=O)c(C(=O)Nc2cc(N)c(C=N)c(Cl)c2)nn1-c1ccccc1. The first kappa shape index (κ1) is 18.3. The number of benzene rings is 2. The molecule has 0 aliphatic rings. The largest absolute Gasteiger partial charge is 0.398 e. The van der Waals surface area contributed by atoms with E-state index in [1.807, 2.05) is 30.3 Å². The summed E-state index contributed by atoms with van der Waals surface area (Å²) >= 11 is 6.06. The summed E-state index contributed by atoms with van der Waals surface area (Å²) < 4.78 is 1.52. The van der Waals surface area contributed by atoms with Gasteiger partial charge in [0.05, 0.1) is 10.7 Å². The van der Waals surface area contributed by atoms with Crippen molar-refractivity contribution in [1.82, 2.24) is 9.78 Å². The van der Waals surface area contributed by atoms with Crippen LogP contribution in [0.2, 0.25) is 5.02 Å². The van der Waals surface area contributed by atoms with Gasteiger partial charge in [0.15, 0.2) is 5.69 Å². The number of hydrogen-bond donors (Lipinski definition) is 3. The molecule has 0 radical (unpaired) electrons. The average Bonchev–Trinajstić information content (AvgIpc) is 2.62. The number of rotatable bonds is 4. The van der Waals surface area contributed by atoms with E-state index >= 15 is 0 Å². The van der Waals surface area contributed by atoms with E-state index in [1.165, 1.54) is 22.9 Å². The molecule has 0 spiro atoms. The van der Waals surface area contributed by atoms with Crippen LogP contribution in [0.5, 0.6) is 0 Å². The van der Waals surface area contributed by atoms with Crippen LogP contribution in [0.15, 0.2) is 53.3 Å². The van der Waals surface area contributed by atoms with Crippen molar-refractivity contribution >= 4 is 35.1 Å². The Hall–Kier alpha value is -3.45. The summed E-state index contributed by atoms with van der Waals surface area (Å²) in [4.78, 5) is 24.9. The molecule has 0 unspecified atom stereocenters. The van der Waals surface area contributed by atoms with Gasteiger partial charge in [-0.15, -0.1) is 0 Å². The van der Waals surface area contributed by atoms with Crippen molar-refractivity contribution in [3.8, 4) is 5.69 Å². The van der Waals surface area contributed by atoms with Crippen LogP contribution in [0.3, 0.4) is 0 Å². The summed E-state index contributed by atoms with van der Waals surface area (Å²) in [5, 5.41) is 14.3. The highest BCUT2D eigenvalue weighted by Gasteiger charge is 2.16. The number of carbonyl (C=O) groups excluding carboxylic acids is 1. The van der Waals surface area contributed by atoms with Gasteiger partial charge in [-0.2, -0.15) is 5.10 Å². The van der Waals surface area contributed by atoms with E-state index in [1.54, 1.807) is 6.92 Å². The van der Waals surface area contributed by atoms with E-state index in [4.69, 9.17) is 22.7 Å². The van der Waals surface area contributed by atoms with Crippen LogP contribution in [0.1, 0.15) is 21.7 Å². The predicted octanol–water partition coefficient (Wildman–Crippen LogP) is 3.03. The average molecular weight is 382 g/mol. The number of amides is 1. The van der Waals surface area contributed by atoms with E-state index in [2.05, 4.69) is 10.4 Å². The zero-order valence-electron chi connectivity index (χ0n) is 14.4. The number of halogens is 1. The van der Waals surface area contributed by atoms with Gasteiger partial charge in [0.1, 0.15) is 0 Å². The molecule has 0 fully saturated rings. The number of carbonyl (C=O) groups is 1. The first-order valence-electron chi connectivity index (χ1n) is 7.98. The van der Waals surface area contributed by atoms with Gasteiger partial charge in [0.25, 0.3) is 5.91 Å². The monoisotopic (exact) mass is 381 g/mol. The Morgan fingerprint density at radius 2 is 1.96 bits per heavy atom. The van der Waals surface area contributed by atoms with Crippen LogP contribution in [0.25, 0.3) is 5.69 Å². The Morgan fingerprint density at radius 3 is 2.59 bits per heavy atom. The number of nitrogens with zero attached hydrogens (tertiary/aromatic N) is 2. The van der Waals surface area contributed by atoms with Gasteiger partial charge in [-0.3, -0.25) is 9.59 Å². The summed E-state index contributed by atoms with van der Waals surface area (Å²) in [6.45, 7) is 1.74. The number of nitrogens with two attached hydrogens (primary N) is 1. The third-order valence-corrected chi connectivity index (χ3v) is 4.20. The van der Waals surface area contributed by atoms with Crippen LogP contribution < -0.4 is 16.5 Å². The number of nitrogen functional groups attached to an aromatic ring is 1. The van der Waals surface area contributed by atoms with Gasteiger partial charge in [0.2, 0.25) is 5.43 Å². The summed E-state index contributed by atoms with van der Waals surface area (Å²) in [5.74, 6) is -0.678. The van der Waals surface area contributed by atoms with Crippen molar-refractivity contribution in [1.29, 1.82) is 5.41 Å². The molecule has 0 saturated carbocycles. The van der Waals surface area contributed by atoms with E-state index in [9.17, 15) is 9.59 Å². The molecule has 0 atom stereocenters. The van der Waals surface area contributed by atoms with Gasteiger partial charge in [-0.05, 0) is 31.2 Å². The molecule has 3 aromatic rings. The second-order valence-corrected chi connectivity index (χ2v) is 6.21.